The Labute approximate surface area is 107 Å². The molecular formula is C12H20N4S. The topological polar surface area (TPSA) is 42.2 Å². The first kappa shape index (κ1) is 12.5. The minimum atomic E-state index is 0.545. The van der Waals surface area contributed by atoms with Gasteiger partial charge in [-0.15, -0.1) is 0 Å². The molecule has 0 aromatic carbocycles. The third-order valence-corrected chi connectivity index (χ3v) is 3.85. The molecule has 1 N–H and O–H groups in total. The van der Waals surface area contributed by atoms with E-state index in [2.05, 4.69) is 29.3 Å². The highest BCUT2D eigenvalue weighted by Crippen LogP contribution is 2.22. The molecule has 2 unspecified atom stereocenters. The van der Waals surface area contributed by atoms with Crippen molar-refractivity contribution in [3.63, 3.8) is 0 Å². The summed E-state index contributed by atoms with van der Waals surface area (Å²) in [5.41, 5.74) is 1.25. The lowest BCUT2D eigenvalue weighted by Crippen LogP contribution is -2.38. The maximum atomic E-state index is 4.62. The van der Waals surface area contributed by atoms with Gasteiger partial charge in [0.05, 0.1) is 6.20 Å². The van der Waals surface area contributed by atoms with Crippen molar-refractivity contribution in [1.29, 1.82) is 0 Å². The van der Waals surface area contributed by atoms with Crippen molar-refractivity contribution in [2.75, 3.05) is 6.54 Å². The molecule has 17 heavy (non-hydrogen) atoms. The van der Waals surface area contributed by atoms with E-state index < -0.39 is 0 Å². The lowest BCUT2D eigenvalue weighted by Gasteiger charge is -2.26. The van der Waals surface area contributed by atoms with Crippen LogP contribution < -0.4 is 5.32 Å². The van der Waals surface area contributed by atoms with Gasteiger partial charge in [0.15, 0.2) is 5.17 Å². The van der Waals surface area contributed by atoms with Gasteiger partial charge in [-0.1, -0.05) is 18.7 Å². The van der Waals surface area contributed by atoms with Crippen LogP contribution in [0.5, 0.6) is 0 Å². The number of aromatic nitrogens is 2. The first-order chi connectivity index (χ1) is 8.13. The number of thioether (sulfide) groups is 1. The summed E-state index contributed by atoms with van der Waals surface area (Å²) in [6, 6.07) is 0.545. The zero-order valence-corrected chi connectivity index (χ0v) is 11.5. The number of amidine groups is 1. The molecule has 1 aliphatic heterocycles. The zero-order valence-electron chi connectivity index (χ0n) is 10.7. The van der Waals surface area contributed by atoms with Crippen LogP contribution >= 0.6 is 11.8 Å². The molecule has 0 radical (unpaired) electrons. The van der Waals surface area contributed by atoms with Crippen LogP contribution in [0.1, 0.15) is 25.8 Å². The number of aliphatic imine (C=N–C) groups is 1. The monoisotopic (exact) mass is 252 g/mol. The summed E-state index contributed by atoms with van der Waals surface area (Å²) in [5.74, 6) is 0. The predicted molar refractivity (Wildman–Crippen MR) is 73.5 cm³/mol. The van der Waals surface area contributed by atoms with E-state index in [0.717, 1.165) is 18.1 Å². The Kier molecular flexibility index (Phi) is 4.10. The van der Waals surface area contributed by atoms with Gasteiger partial charge in [-0.2, -0.15) is 5.10 Å². The van der Waals surface area contributed by atoms with Crippen molar-refractivity contribution in [2.24, 2.45) is 12.0 Å². The van der Waals surface area contributed by atoms with Crippen LogP contribution in [-0.2, 0) is 13.5 Å². The van der Waals surface area contributed by atoms with Crippen LogP contribution in [0.15, 0.2) is 17.4 Å². The molecule has 1 aromatic rings. The fraction of sp³-hybridized carbons (Fsp3) is 0.667. The Hall–Kier alpha value is -0.970. The normalized spacial score (nSPS) is 27.1. The number of hydrogen-bond donors (Lipinski definition) is 1. The molecule has 94 valence electrons. The molecule has 0 aliphatic carbocycles. The van der Waals surface area contributed by atoms with E-state index in [1.165, 1.54) is 12.0 Å². The minimum Gasteiger partial charge on any atom is -0.362 e. The Morgan fingerprint density at radius 2 is 2.41 bits per heavy atom. The highest BCUT2D eigenvalue weighted by atomic mass is 32.2. The minimum absolute atomic E-state index is 0.545. The van der Waals surface area contributed by atoms with Gasteiger partial charge in [0.25, 0.3) is 0 Å². The maximum absolute atomic E-state index is 4.62. The average Bonchev–Trinajstić information content (AvgIpc) is 2.63. The smallest absolute Gasteiger partial charge is 0.157 e. The number of nitrogens with one attached hydrogen (secondary N) is 1. The van der Waals surface area contributed by atoms with Gasteiger partial charge in [0.2, 0.25) is 0 Å². The zero-order chi connectivity index (χ0) is 12.3. The van der Waals surface area contributed by atoms with Gasteiger partial charge >= 0.3 is 0 Å². The first-order valence-corrected chi connectivity index (χ1v) is 6.96. The van der Waals surface area contributed by atoms with E-state index in [0.29, 0.717) is 11.3 Å². The van der Waals surface area contributed by atoms with Crippen molar-refractivity contribution >= 4 is 16.9 Å². The lowest BCUT2D eigenvalue weighted by molar-refractivity contribution is 0.597. The van der Waals surface area contributed by atoms with Crippen molar-refractivity contribution in [3.8, 4) is 0 Å². The van der Waals surface area contributed by atoms with Crippen molar-refractivity contribution in [2.45, 2.75) is 38.0 Å². The van der Waals surface area contributed by atoms with Gasteiger partial charge in [-0.25, -0.2) is 0 Å². The molecule has 0 saturated carbocycles. The van der Waals surface area contributed by atoms with E-state index in [9.17, 15) is 0 Å². The summed E-state index contributed by atoms with van der Waals surface area (Å²) in [7, 11) is 1.94. The second kappa shape index (κ2) is 5.58. The Morgan fingerprint density at radius 3 is 3.06 bits per heavy atom. The van der Waals surface area contributed by atoms with Gasteiger partial charge in [0.1, 0.15) is 0 Å². The Bertz CT molecular complexity index is 387. The van der Waals surface area contributed by atoms with Crippen LogP contribution in [0.4, 0.5) is 0 Å². The second-order valence-electron chi connectivity index (χ2n) is 4.67. The molecule has 2 atom stereocenters. The molecule has 5 heteroatoms. The number of aryl methyl sites for hydroxylation is 1. The van der Waals surface area contributed by atoms with Crippen LogP contribution in [-0.4, -0.2) is 32.8 Å². The summed E-state index contributed by atoms with van der Waals surface area (Å²) in [6.07, 6.45) is 6.13. The fourth-order valence-electron chi connectivity index (χ4n) is 2.01. The first-order valence-electron chi connectivity index (χ1n) is 6.08. The highest BCUT2D eigenvalue weighted by Gasteiger charge is 2.19. The SMILES string of the molecule is CC1CC(C)SC(=NCCc2cnn(C)c2)N1. The number of hydrogen-bond acceptors (Lipinski definition) is 3. The quantitative estimate of drug-likeness (QED) is 0.892. The number of rotatable bonds is 3. The third-order valence-electron chi connectivity index (χ3n) is 2.78. The largest absolute Gasteiger partial charge is 0.362 e. The molecule has 1 aromatic heterocycles. The highest BCUT2D eigenvalue weighted by molar-refractivity contribution is 8.14. The van der Waals surface area contributed by atoms with E-state index in [4.69, 9.17) is 0 Å². The standard InChI is InChI=1S/C12H20N4S/c1-9-6-10(2)17-12(15-9)13-5-4-11-7-14-16(3)8-11/h7-10H,4-6H2,1-3H3,(H,13,15). The van der Waals surface area contributed by atoms with Crippen molar-refractivity contribution in [3.05, 3.63) is 18.0 Å². The van der Waals surface area contributed by atoms with Crippen molar-refractivity contribution in [1.82, 2.24) is 15.1 Å². The molecular weight excluding hydrogens is 232 g/mol. The van der Waals surface area contributed by atoms with E-state index in [-0.39, 0.29) is 0 Å². The lowest BCUT2D eigenvalue weighted by atomic mass is 10.2. The molecule has 2 heterocycles. The van der Waals surface area contributed by atoms with Gasteiger partial charge < -0.3 is 5.32 Å². The summed E-state index contributed by atoms with van der Waals surface area (Å²) in [5, 5.41) is 9.35. The van der Waals surface area contributed by atoms with Crippen LogP contribution in [0, 0.1) is 0 Å². The molecule has 4 nitrogen and oxygen atoms in total. The summed E-state index contributed by atoms with van der Waals surface area (Å²) in [6.45, 7) is 5.31. The molecule has 0 spiro atoms. The summed E-state index contributed by atoms with van der Waals surface area (Å²) >= 11 is 1.85. The molecule has 0 bridgehead atoms. The Morgan fingerprint density at radius 1 is 1.59 bits per heavy atom. The van der Waals surface area contributed by atoms with Crippen LogP contribution in [0.2, 0.25) is 0 Å². The van der Waals surface area contributed by atoms with Gasteiger partial charge in [-0.05, 0) is 25.3 Å². The molecule has 1 saturated heterocycles. The van der Waals surface area contributed by atoms with E-state index in [1.54, 1.807) is 0 Å². The van der Waals surface area contributed by atoms with Crippen molar-refractivity contribution < 1.29 is 0 Å². The Balaban J connectivity index is 1.83. The molecule has 0 amide bonds. The molecule has 2 rings (SSSR count). The van der Waals surface area contributed by atoms with Gasteiger partial charge in [0, 0.05) is 31.1 Å². The number of nitrogens with zero attached hydrogens (tertiary/aromatic N) is 3. The average molecular weight is 252 g/mol. The second-order valence-corrected chi connectivity index (χ2v) is 6.10. The van der Waals surface area contributed by atoms with Crippen LogP contribution in [0.3, 0.4) is 0 Å². The van der Waals surface area contributed by atoms with Crippen LogP contribution in [0.25, 0.3) is 0 Å². The summed E-state index contributed by atoms with van der Waals surface area (Å²) in [4.78, 5) is 4.62. The predicted octanol–water partition coefficient (Wildman–Crippen LogP) is 1.82. The summed E-state index contributed by atoms with van der Waals surface area (Å²) < 4.78 is 1.83. The van der Waals surface area contributed by atoms with E-state index >= 15 is 0 Å². The third kappa shape index (κ3) is 3.77. The maximum Gasteiger partial charge on any atom is 0.157 e. The van der Waals surface area contributed by atoms with E-state index in [1.807, 2.05) is 35.9 Å². The molecule has 1 fully saturated rings. The fourth-order valence-corrected chi connectivity index (χ4v) is 3.21. The molecule has 1 aliphatic rings. The van der Waals surface area contributed by atoms with Gasteiger partial charge in [-0.3, -0.25) is 9.67 Å².